The maximum atomic E-state index is 5.21. The molecule has 3 heteroatoms. The molecule has 0 saturated carbocycles. The van der Waals surface area contributed by atoms with Gasteiger partial charge in [-0.2, -0.15) is 0 Å². The zero-order valence-corrected chi connectivity index (χ0v) is 29.9. The Labute approximate surface area is 318 Å². The van der Waals surface area contributed by atoms with Crippen LogP contribution in [0, 0.1) is 0 Å². The molecule has 9 aromatic carbocycles. The first-order valence-electron chi connectivity index (χ1n) is 18.7. The second-order valence-corrected chi connectivity index (χ2v) is 14.1. The Morgan fingerprint density at radius 1 is 0.309 bits per heavy atom. The van der Waals surface area contributed by atoms with Crippen LogP contribution >= 0.6 is 0 Å². The van der Waals surface area contributed by atoms with E-state index in [1.807, 2.05) is 24.3 Å². The summed E-state index contributed by atoms with van der Waals surface area (Å²) < 4.78 is 2.40. The minimum Gasteiger partial charge on any atom is -0.309 e. The molecule has 256 valence electrons. The minimum atomic E-state index is 0.711. The molecule has 3 nitrogen and oxygen atoms in total. The van der Waals surface area contributed by atoms with Crippen LogP contribution in [0.4, 0.5) is 0 Å². The van der Waals surface area contributed by atoms with Crippen LogP contribution in [-0.4, -0.2) is 14.5 Å². The quantitative estimate of drug-likeness (QED) is 0.167. The van der Waals surface area contributed by atoms with Crippen molar-refractivity contribution < 1.29 is 0 Å². The monoisotopic (exact) mass is 699 g/mol. The summed E-state index contributed by atoms with van der Waals surface area (Å²) in [5.41, 5.74) is 10.8. The molecule has 0 amide bonds. The lowest BCUT2D eigenvalue weighted by molar-refractivity contribution is 1.18. The van der Waals surface area contributed by atoms with E-state index in [0.29, 0.717) is 5.82 Å². The fourth-order valence-corrected chi connectivity index (χ4v) is 8.47. The molecule has 0 aliphatic heterocycles. The Bertz CT molecular complexity index is 3180. The van der Waals surface area contributed by atoms with Gasteiger partial charge in [-0.15, -0.1) is 0 Å². The lowest BCUT2D eigenvalue weighted by Gasteiger charge is -2.16. The number of fused-ring (bicyclic) bond motifs is 9. The highest BCUT2D eigenvalue weighted by molar-refractivity contribution is 6.29. The van der Waals surface area contributed by atoms with Gasteiger partial charge in [0, 0.05) is 33.2 Å². The summed E-state index contributed by atoms with van der Waals surface area (Å²) in [4.78, 5) is 10.3. The number of para-hydroxylation sites is 2. The fourth-order valence-electron chi connectivity index (χ4n) is 8.47. The van der Waals surface area contributed by atoms with Crippen LogP contribution in [0.25, 0.3) is 105 Å². The number of rotatable bonds is 5. The van der Waals surface area contributed by atoms with Crippen LogP contribution in [0.15, 0.2) is 200 Å². The van der Waals surface area contributed by atoms with E-state index in [4.69, 9.17) is 9.97 Å². The van der Waals surface area contributed by atoms with Gasteiger partial charge in [-0.3, -0.25) is 0 Å². The second kappa shape index (κ2) is 12.6. The standard InChI is InChI=1S/C52H33N3/c1-4-15-34(16-5-1)47-33-48(54-52(53-47)35-17-6-2-7-18-35)37-28-29-42-40-21-10-11-22-41(40)45-25-14-24-39(51(45)46(42)31-37)36-27-30-44-43-23-12-13-26-49(43)55(50(44)32-36)38-19-8-3-9-20-38/h1-33H. The summed E-state index contributed by atoms with van der Waals surface area (Å²) in [6, 6.07) is 71.6. The lowest BCUT2D eigenvalue weighted by Crippen LogP contribution is -1.96. The van der Waals surface area contributed by atoms with Gasteiger partial charge in [-0.05, 0) is 79.8 Å². The van der Waals surface area contributed by atoms with Crippen molar-refractivity contribution in [2.45, 2.75) is 0 Å². The molecule has 0 aliphatic rings. The summed E-state index contributed by atoms with van der Waals surface area (Å²) in [6.07, 6.45) is 0. The second-order valence-electron chi connectivity index (χ2n) is 14.1. The molecule has 0 aliphatic carbocycles. The smallest absolute Gasteiger partial charge is 0.160 e. The fraction of sp³-hybridized carbons (Fsp3) is 0. The molecule has 0 unspecified atom stereocenters. The lowest BCUT2D eigenvalue weighted by atomic mass is 9.88. The van der Waals surface area contributed by atoms with Gasteiger partial charge in [0.05, 0.1) is 22.4 Å². The number of hydrogen-bond acceptors (Lipinski definition) is 2. The molecular formula is C52H33N3. The largest absolute Gasteiger partial charge is 0.309 e. The first-order chi connectivity index (χ1) is 27.3. The molecule has 0 N–H and O–H groups in total. The van der Waals surface area contributed by atoms with E-state index < -0.39 is 0 Å². The van der Waals surface area contributed by atoms with Crippen molar-refractivity contribution in [2.75, 3.05) is 0 Å². The summed E-state index contributed by atoms with van der Waals surface area (Å²) in [7, 11) is 0. The van der Waals surface area contributed by atoms with Crippen molar-refractivity contribution in [2.24, 2.45) is 0 Å². The SMILES string of the molecule is c1ccc(-c2cc(-c3ccc4c5ccccc5c5cccc(-c6ccc7c8ccccc8n(-c8ccccc8)c7c6)c5c4c3)nc(-c3ccccc3)n2)cc1. The van der Waals surface area contributed by atoms with Crippen molar-refractivity contribution in [3.63, 3.8) is 0 Å². The van der Waals surface area contributed by atoms with E-state index in [0.717, 1.165) is 33.8 Å². The summed E-state index contributed by atoms with van der Waals surface area (Å²) in [5.74, 6) is 0.711. The number of aromatic nitrogens is 3. The van der Waals surface area contributed by atoms with Crippen molar-refractivity contribution in [1.82, 2.24) is 14.5 Å². The third kappa shape index (κ3) is 5.13. The minimum absolute atomic E-state index is 0.711. The van der Waals surface area contributed by atoms with E-state index in [1.54, 1.807) is 0 Å². The van der Waals surface area contributed by atoms with Gasteiger partial charge in [-0.25, -0.2) is 9.97 Å². The predicted octanol–water partition coefficient (Wildman–Crippen LogP) is 13.7. The third-order valence-electron chi connectivity index (χ3n) is 11.0. The van der Waals surface area contributed by atoms with Crippen LogP contribution in [0.2, 0.25) is 0 Å². The Hall–Kier alpha value is -7.36. The number of benzene rings is 9. The van der Waals surface area contributed by atoms with Gasteiger partial charge in [0.2, 0.25) is 0 Å². The number of hydrogen-bond donors (Lipinski definition) is 0. The van der Waals surface area contributed by atoms with E-state index in [9.17, 15) is 0 Å². The van der Waals surface area contributed by atoms with Crippen LogP contribution < -0.4 is 0 Å². The van der Waals surface area contributed by atoms with E-state index in [-0.39, 0.29) is 0 Å². The van der Waals surface area contributed by atoms with Crippen molar-refractivity contribution in [3.8, 4) is 50.7 Å². The summed E-state index contributed by atoms with van der Waals surface area (Å²) in [6.45, 7) is 0. The van der Waals surface area contributed by atoms with Crippen molar-refractivity contribution in [3.05, 3.63) is 200 Å². The maximum Gasteiger partial charge on any atom is 0.160 e. The molecule has 2 heterocycles. The Morgan fingerprint density at radius 3 is 1.62 bits per heavy atom. The zero-order chi connectivity index (χ0) is 36.3. The van der Waals surface area contributed by atoms with Gasteiger partial charge >= 0.3 is 0 Å². The molecule has 0 bridgehead atoms. The van der Waals surface area contributed by atoms with Gasteiger partial charge in [0.15, 0.2) is 5.82 Å². The average molecular weight is 700 g/mol. The van der Waals surface area contributed by atoms with Crippen molar-refractivity contribution >= 4 is 54.1 Å². The molecule has 2 aromatic heterocycles. The molecule has 55 heavy (non-hydrogen) atoms. The third-order valence-corrected chi connectivity index (χ3v) is 11.0. The highest BCUT2D eigenvalue weighted by Crippen LogP contribution is 2.43. The van der Waals surface area contributed by atoms with Gasteiger partial charge < -0.3 is 4.57 Å². The highest BCUT2D eigenvalue weighted by Gasteiger charge is 2.18. The first-order valence-corrected chi connectivity index (χ1v) is 18.7. The van der Waals surface area contributed by atoms with Crippen molar-refractivity contribution in [1.29, 1.82) is 0 Å². The summed E-state index contributed by atoms with van der Waals surface area (Å²) in [5, 5.41) is 9.88. The van der Waals surface area contributed by atoms with E-state index in [2.05, 4.69) is 180 Å². The zero-order valence-electron chi connectivity index (χ0n) is 29.9. The molecule has 0 saturated heterocycles. The first kappa shape index (κ1) is 31.2. The Balaban J connectivity index is 1.19. The molecule has 11 rings (SSSR count). The van der Waals surface area contributed by atoms with Crippen LogP contribution in [0.5, 0.6) is 0 Å². The molecular weight excluding hydrogens is 667 g/mol. The van der Waals surface area contributed by atoms with Crippen LogP contribution in [0.3, 0.4) is 0 Å². The van der Waals surface area contributed by atoms with Gasteiger partial charge in [0.25, 0.3) is 0 Å². The molecule has 0 fully saturated rings. The van der Waals surface area contributed by atoms with Crippen LogP contribution in [-0.2, 0) is 0 Å². The van der Waals surface area contributed by atoms with E-state index in [1.165, 1.54) is 65.3 Å². The number of nitrogens with zero attached hydrogens (tertiary/aromatic N) is 3. The summed E-state index contributed by atoms with van der Waals surface area (Å²) >= 11 is 0. The molecule has 0 spiro atoms. The molecule has 11 aromatic rings. The van der Waals surface area contributed by atoms with E-state index >= 15 is 0 Å². The van der Waals surface area contributed by atoms with Gasteiger partial charge in [-0.1, -0.05) is 164 Å². The Kier molecular flexibility index (Phi) is 7.17. The normalized spacial score (nSPS) is 11.6. The predicted molar refractivity (Wildman–Crippen MR) is 231 cm³/mol. The highest BCUT2D eigenvalue weighted by atomic mass is 15.0. The topological polar surface area (TPSA) is 30.7 Å². The maximum absolute atomic E-state index is 5.21. The Morgan fingerprint density at radius 2 is 0.855 bits per heavy atom. The molecule has 0 radical (unpaired) electrons. The van der Waals surface area contributed by atoms with Gasteiger partial charge in [0.1, 0.15) is 0 Å². The van der Waals surface area contributed by atoms with Crippen LogP contribution in [0.1, 0.15) is 0 Å². The molecule has 0 atom stereocenters. The average Bonchev–Trinajstić information content (AvgIpc) is 3.60.